The number of carbonyl (C=O) groups excluding carboxylic acids is 2. The maximum absolute atomic E-state index is 11.9. The van der Waals surface area contributed by atoms with Crippen molar-refractivity contribution in [1.82, 2.24) is 0 Å². The molecule has 2 aromatic rings. The average Bonchev–Trinajstić information content (AvgIpc) is 2.96. The van der Waals surface area contributed by atoms with Crippen LogP contribution < -0.4 is 4.74 Å². The predicted molar refractivity (Wildman–Crippen MR) is 83.7 cm³/mol. The van der Waals surface area contributed by atoms with Crippen LogP contribution in [0.2, 0.25) is 0 Å². The standard InChI is InChI=1S/C16H13BrO5/c1-20-12-4-2-11(3-5-12)14(18)10-21-16(19)9-7-13-6-8-15(17)22-13/h2-9H,10H2,1H3/b9-7+. The third-order valence-corrected chi connectivity index (χ3v) is 3.16. The van der Waals surface area contributed by atoms with E-state index in [1.807, 2.05) is 0 Å². The lowest BCUT2D eigenvalue weighted by Gasteiger charge is -2.03. The Labute approximate surface area is 135 Å². The molecule has 0 unspecified atom stereocenters. The van der Waals surface area contributed by atoms with Crippen LogP contribution in [0.3, 0.4) is 0 Å². The van der Waals surface area contributed by atoms with E-state index in [-0.39, 0.29) is 12.4 Å². The van der Waals surface area contributed by atoms with E-state index >= 15 is 0 Å². The highest BCUT2D eigenvalue weighted by Crippen LogP contribution is 2.15. The van der Waals surface area contributed by atoms with Gasteiger partial charge in [-0.05, 0) is 58.4 Å². The number of Topliss-reactive ketones (excluding diaryl/α,β-unsaturated/α-hetero) is 1. The molecule has 1 heterocycles. The highest BCUT2D eigenvalue weighted by atomic mass is 79.9. The Hall–Kier alpha value is -2.34. The maximum Gasteiger partial charge on any atom is 0.331 e. The van der Waals surface area contributed by atoms with E-state index in [0.29, 0.717) is 21.7 Å². The van der Waals surface area contributed by atoms with Crippen molar-refractivity contribution in [1.29, 1.82) is 0 Å². The van der Waals surface area contributed by atoms with E-state index in [9.17, 15) is 9.59 Å². The van der Waals surface area contributed by atoms with Crippen molar-refractivity contribution in [3.05, 3.63) is 58.5 Å². The molecular weight excluding hydrogens is 352 g/mol. The Kier molecular flexibility index (Phi) is 5.55. The van der Waals surface area contributed by atoms with Crippen LogP contribution in [0.4, 0.5) is 0 Å². The second-order valence-electron chi connectivity index (χ2n) is 4.23. The average molecular weight is 365 g/mol. The first-order valence-electron chi connectivity index (χ1n) is 6.36. The molecule has 6 heteroatoms. The van der Waals surface area contributed by atoms with Crippen molar-refractivity contribution in [3.63, 3.8) is 0 Å². The van der Waals surface area contributed by atoms with Gasteiger partial charge in [-0.1, -0.05) is 0 Å². The van der Waals surface area contributed by atoms with Crippen molar-refractivity contribution >= 4 is 33.8 Å². The molecule has 0 saturated carbocycles. The van der Waals surface area contributed by atoms with Crippen LogP contribution in [0.15, 0.2) is 51.6 Å². The Morgan fingerprint density at radius 1 is 1.18 bits per heavy atom. The number of ether oxygens (including phenoxy) is 2. The fourth-order valence-corrected chi connectivity index (χ4v) is 1.93. The summed E-state index contributed by atoms with van der Waals surface area (Å²) in [5.74, 6) is 0.255. The van der Waals surface area contributed by atoms with Gasteiger partial charge in [0.2, 0.25) is 0 Å². The summed E-state index contributed by atoms with van der Waals surface area (Å²) in [6.07, 6.45) is 2.66. The number of carbonyl (C=O) groups is 2. The van der Waals surface area contributed by atoms with Crippen LogP contribution >= 0.6 is 15.9 Å². The molecule has 0 amide bonds. The molecule has 0 saturated heterocycles. The molecule has 0 radical (unpaired) electrons. The Balaban J connectivity index is 1.84. The molecule has 0 bridgehead atoms. The molecule has 5 nitrogen and oxygen atoms in total. The van der Waals surface area contributed by atoms with E-state index in [2.05, 4.69) is 15.9 Å². The van der Waals surface area contributed by atoms with Gasteiger partial charge in [0.1, 0.15) is 11.5 Å². The van der Waals surface area contributed by atoms with Crippen LogP contribution in [0.5, 0.6) is 5.75 Å². The second-order valence-corrected chi connectivity index (χ2v) is 5.02. The smallest absolute Gasteiger partial charge is 0.331 e. The van der Waals surface area contributed by atoms with E-state index in [4.69, 9.17) is 13.9 Å². The van der Waals surface area contributed by atoms with Crippen molar-refractivity contribution in [2.75, 3.05) is 13.7 Å². The van der Waals surface area contributed by atoms with Gasteiger partial charge in [0.15, 0.2) is 17.1 Å². The zero-order valence-electron chi connectivity index (χ0n) is 11.7. The topological polar surface area (TPSA) is 65.7 Å². The van der Waals surface area contributed by atoms with E-state index in [1.54, 1.807) is 43.5 Å². The molecule has 2 rings (SSSR count). The lowest BCUT2D eigenvalue weighted by atomic mass is 10.1. The molecule has 1 aromatic carbocycles. The summed E-state index contributed by atoms with van der Waals surface area (Å²) < 4.78 is 15.6. The first kappa shape index (κ1) is 16.0. The second kappa shape index (κ2) is 7.61. The number of hydrogen-bond donors (Lipinski definition) is 0. The van der Waals surface area contributed by atoms with E-state index in [0.717, 1.165) is 0 Å². The number of esters is 1. The van der Waals surface area contributed by atoms with Gasteiger partial charge in [0, 0.05) is 11.6 Å². The van der Waals surface area contributed by atoms with Gasteiger partial charge in [0.05, 0.1) is 7.11 Å². The summed E-state index contributed by atoms with van der Waals surface area (Å²) >= 11 is 3.15. The minimum absolute atomic E-state index is 0.287. The van der Waals surface area contributed by atoms with Gasteiger partial charge in [-0.15, -0.1) is 0 Å². The third-order valence-electron chi connectivity index (χ3n) is 2.74. The summed E-state index contributed by atoms with van der Waals surface area (Å²) in [6, 6.07) is 9.97. The molecule has 0 N–H and O–H groups in total. The van der Waals surface area contributed by atoms with Gasteiger partial charge >= 0.3 is 5.97 Å². The Morgan fingerprint density at radius 3 is 2.50 bits per heavy atom. The maximum atomic E-state index is 11.9. The molecule has 22 heavy (non-hydrogen) atoms. The molecule has 0 aliphatic heterocycles. The molecule has 0 fully saturated rings. The number of halogens is 1. The highest BCUT2D eigenvalue weighted by molar-refractivity contribution is 9.10. The normalized spacial score (nSPS) is 10.6. The highest BCUT2D eigenvalue weighted by Gasteiger charge is 2.08. The lowest BCUT2D eigenvalue weighted by Crippen LogP contribution is -2.12. The van der Waals surface area contributed by atoms with Crippen molar-refractivity contribution in [2.45, 2.75) is 0 Å². The van der Waals surface area contributed by atoms with Gasteiger partial charge < -0.3 is 13.9 Å². The zero-order chi connectivity index (χ0) is 15.9. The SMILES string of the molecule is COc1ccc(C(=O)COC(=O)/C=C/c2ccc(Br)o2)cc1. The predicted octanol–water partition coefficient (Wildman–Crippen LogP) is 3.49. The van der Waals surface area contributed by atoms with Crippen LogP contribution in [0.1, 0.15) is 16.1 Å². The lowest BCUT2D eigenvalue weighted by molar-refractivity contribution is -0.136. The first-order chi connectivity index (χ1) is 10.6. The summed E-state index contributed by atoms with van der Waals surface area (Å²) in [6.45, 7) is -0.322. The van der Waals surface area contributed by atoms with E-state index < -0.39 is 5.97 Å². The molecule has 114 valence electrons. The fourth-order valence-electron chi connectivity index (χ4n) is 1.61. The number of hydrogen-bond acceptors (Lipinski definition) is 5. The fraction of sp³-hybridized carbons (Fsp3) is 0.125. The van der Waals surface area contributed by atoms with Crippen LogP contribution in [0, 0.1) is 0 Å². The summed E-state index contributed by atoms with van der Waals surface area (Å²) in [4.78, 5) is 23.4. The molecule has 0 atom stereocenters. The molecule has 1 aromatic heterocycles. The number of ketones is 1. The van der Waals surface area contributed by atoms with Gasteiger partial charge in [-0.2, -0.15) is 0 Å². The Bertz CT molecular complexity index is 685. The zero-order valence-corrected chi connectivity index (χ0v) is 13.3. The Morgan fingerprint density at radius 2 is 1.91 bits per heavy atom. The monoisotopic (exact) mass is 364 g/mol. The minimum atomic E-state index is -0.616. The number of furan rings is 1. The number of rotatable bonds is 6. The van der Waals surface area contributed by atoms with Crippen LogP contribution in [-0.4, -0.2) is 25.5 Å². The molecule has 0 spiro atoms. The largest absolute Gasteiger partial charge is 0.497 e. The van der Waals surface area contributed by atoms with Crippen molar-refractivity contribution in [2.24, 2.45) is 0 Å². The quantitative estimate of drug-likeness (QED) is 0.445. The van der Waals surface area contributed by atoms with Gasteiger partial charge in [-0.3, -0.25) is 4.79 Å². The molecule has 0 aliphatic rings. The summed E-state index contributed by atoms with van der Waals surface area (Å²) in [5.41, 5.74) is 0.451. The van der Waals surface area contributed by atoms with E-state index in [1.165, 1.54) is 12.2 Å². The minimum Gasteiger partial charge on any atom is -0.497 e. The number of benzene rings is 1. The van der Waals surface area contributed by atoms with Crippen LogP contribution in [-0.2, 0) is 9.53 Å². The summed E-state index contributed by atoms with van der Waals surface area (Å²) in [5, 5.41) is 0. The van der Waals surface area contributed by atoms with Gasteiger partial charge in [0.25, 0.3) is 0 Å². The molecular formula is C16H13BrO5. The molecule has 0 aliphatic carbocycles. The van der Waals surface area contributed by atoms with Crippen molar-refractivity contribution in [3.8, 4) is 5.75 Å². The number of methoxy groups -OCH3 is 1. The third kappa shape index (κ3) is 4.60. The first-order valence-corrected chi connectivity index (χ1v) is 7.15. The van der Waals surface area contributed by atoms with Gasteiger partial charge in [-0.25, -0.2) is 4.79 Å². The van der Waals surface area contributed by atoms with Crippen LogP contribution in [0.25, 0.3) is 6.08 Å². The summed E-state index contributed by atoms with van der Waals surface area (Å²) in [7, 11) is 1.54. The van der Waals surface area contributed by atoms with Crippen molar-refractivity contribution < 1.29 is 23.5 Å².